The summed E-state index contributed by atoms with van der Waals surface area (Å²) in [5.74, 6) is -0.312. The van der Waals surface area contributed by atoms with Gasteiger partial charge in [0.05, 0.1) is 11.4 Å². The van der Waals surface area contributed by atoms with Gasteiger partial charge in [-0.15, -0.1) is 11.8 Å². The number of benzene rings is 2. The summed E-state index contributed by atoms with van der Waals surface area (Å²) in [5, 5.41) is 2.82. The van der Waals surface area contributed by atoms with Gasteiger partial charge in [0, 0.05) is 30.2 Å². The largest absolute Gasteiger partial charge is 0.345 e. The predicted molar refractivity (Wildman–Crippen MR) is 107 cm³/mol. The molecule has 0 aliphatic carbocycles. The number of aryl methyl sites for hydroxylation is 1. The van der Waals surface area contributed by atoms with Crippen LogP contribution in [0.2, 0.25) is 0 Å². The van der Waals surface area contributed by atoms with E-state index in [2.05, 4.69) is 5.32 Å². The minimum absolute atomic E-state index is 0.0973. The fourth-order valence-electron chi connectivity index (χ4n) is 2.83. The summed E-state index contributed by atoms with van der Waals surface area (Å²) in [6.07, 6.45) is 0. The van der Waals surface area contributed by atoms with Crippen molar-refractivity contribution in [1.82, 2.24) is 4.90 Å². The highest BCUT2D eigenvalue weighted by molar-refractivity contribution is 8.00. The number of hydrogen-bond acceptors (Lipinski definition) is 4. The van der Waals surface area contributed by atoms with Crippen LogP contribution in [0.25, 0.3) is 0 Å². The van der Waals surface area contributed by atoms with Crippen molar-refractivity contribution in [3.05, 3.63) is 53.6 Å². The summed E-state index contributed by atoms with van der Waals surface area (Å²) >= 11 is 1.41. The molecule has 2 aromatic carbocycles. The van der Waals surface area contributed by atoms with E-state index in [0.29, 0.717) is 16.9 Å². The molecule has 0 aromatic heterocycles. The zero-order valence-corrected chi connectivity index (χ0v) is 16.3. The molecule has 1 N–H and O–H groups in total. The van der Waals surface area contributed by atoms with E-state index in [1.807, 2.05) is 31.2 Å². The van der Waals surface area contributed by atoms with E-state index in [9.17, 15) is 14.4 Å². The van der Waals surface area contributed by atoms with Gasteiger partial charge in [-0.05, 0) is 42.8 Å². The second kappa shape index (κ2) is 7.84. The van der Waals surface area contributed by atoms with Crippen LogP contribution in [-0.2, 0) is 9.59 Å². The minimum atomic E-state index is -0.281. The molecule has 3 rings (SSSR count). The van der Waals surface area contributed by atoms with Crippen molar-refractivity contribution in [2.45, 2.75) is 11.8 Å². The van der Waals surface area contributed by atoms with E-state index in [0.717, 1.165) is 10.5 Å². The fourth-order valence-corrected chi connectivity index (χ4v) is 3.75. The van der Waals surface area contributed by atoms with Gasteiger partial charge in [0.1, 0.15) is 6.54 Å². The summed E-state index contributed by atoms with van der Waals surface area (Å²) < 4.78 is 0. The predicted octanol–water partition coefficient (Wildman–Crippen LogP) is 2.77. The normalized spacial score (nSPS) is 13.1. The lowest BCUT2D eigenvalue weighted by Gasteiger charge is -2.29. The van der Waals surface area contributed by atoms with Crippen LogP contribution < -0.4 is 10.2 Å². The van der Waals surface area contributed by atoms with Crippen LogP contribution in [0.15, 0.2) is 47.4 Å². The lowest BCUT2D eigenvalue weighted by molar-refractivity contribution is -0.120. The van der Waals surface area contributed by atoms with E-state index in [1.165, 1.54) is 21.6 Å². The first kappa shape index (κ1) is 19.0. The van der Waals surface area contributed by atoms with Crippen LogP contribution >= 0.6 is 11.8 Å². The Morgan fingerprint density at radius 2 is 1.96 bits per heavy atom. The van der Waals surface area contributed by atoms with Crippen molar-refractivity contribution in [1.29, 1.82) is 0 Å². The summed E-state index contributed by atoms with van der Waals surface area (Å²) in [4.78, 5) is 41.0. The molecule has 6 nitrogen and oxygen atoms in total. The van der Waals surface area contributed by atoms with E-state index < -0.39 is 0 Å². The maximum atomic E-state index is 12.5. The van der Waals surface area contributed by atoms with Crippen molar-refractivity contribution in [2.24, 2.45) is 0 Å². The Morgan fingerprint density at radius 1 is 1.19 bits per heavy atom. The molecular weight excluding hydrogens is 362 g/mol. The molecule has 0 spiro atoms. The average Bonchev–Trinajstić information content (AvgIpc) is 2.63. The first-order valence-corrected chi connectivity index (χ1v) is 9.49. The monoisotopic (exact) mass is 383 g/mol. The van der Waals surface area contributed by atoms with Crippen LogP contribution in [0.5, 0.6) is 0 Å². The molecule has 27 heavy (non-hydrogen) atoms. The van der Waals surface area contributed by atoms with Gasteiger partial charge < -0.3 is 15.1 Å². The smallest absolute Gasteiger partial charge is 0.253 e. The van der Waals surface area contributed by atoms with Gasteiger partial charge >= 0.3 is 0 Å². The molecule has 0 fully saturated rings. The lowest BCUT2D eigenvalue weighted by atomic mass is 10.1. The Kier molecular flexibility index (Phi) is 5.51. The Morgan fingerprint density at radius 3 is 2.67 bits per heavy atom. The molecule has 1 heterocycles. The van der Waals surface area contributed by atoms with E-state index in [1.54, 1.807) is 32.3 Å². The van der Waals surface area contributed by atoms with Crippen molar-refractivity contribution in [3.8, 4) is 0 Å². The topological polar surface area (TPSA) is 69.7 Å². The third-order valence-electron chi connectivity index (χ3n) is 4.16. The maximum absolute atomic E-state index is 12.5. The zero-order chi connectivity index (χ0) is 19.6. The molecule has 7 heteroatoms. The molecule has 0 unspecified atom stereocenters. The van der Waals surface area contributed by atoms with Crippen molar-refractivity contribution in [2.75, 3.05) is 36.6 Å². The van der Waals surface area contributed by atoms with Gasteiger partial charge in [0.2, 0.25) is 11.8 Å². The van der Waals surface area contributed by atoms with Crippen molar-refractivity contribution in [3.63, 3.8) is 0 Å². The van der Waals surface area contributed by atoms with Gasteiger partial charge in [-0.1, -0.05) is 12.1 Å². The molecule has 0 bridgehead atoms. The van der Waals surface area contributed by atoms with Crippen LogP contribution in [0.4, 0.5) is 11.4 Å². The molecule has 0 saturated heterocycles. The third-order valence-corrected chi connectivity index (χ3v) is 5.21. The zero-order valence-electron chi connectivity index (χ0n) is 15.5. The lowest BCUT2D eigenvalue weighted by Crippen LogP contribution is -2.41. The van der Waals surface area contributed by atoms with E-state index in [-0.39, 0.29) is 30.0 Å². The quantitative estimate of drug-likeness (QED) is 0.881. The summed E-state index contributed by atoms with van der Waals surface area (Å²) in [7, 11) is 3.35. The second-order valence-electron chi connectivity index (χ2n) is 6.57. The summed E-state index contributed by atoms with van der Waals surface area (Å²) in [5.41, 5.74) is 2.81. The maximum Gasteiger partial charge on any atom is 0.253 e. The Balaban J connectivity index is 1.83. The number of rotatable bonds is 4. The molecule has 0 radical (unpaired) electrons. The molecule has 3 amide bonds. The summed E-state index contributed by atoms with van der Waals surface area (Å²) in [6.45, 7) is 1.85. The number of nitrogens with one attached hydrogen (secondary N) is 1. The second-order valence-corrected chi connectivity index (χ2v) is 7.59. The van der Waals surface area contributed by atoms with Crippen molar-refractivity contribution < 1.29 is 14.4 Å². The van der Waals surface area contributed by atoms with Gasteiger partial charge in [0.15, 0.2) is 0 Å². The molecule has 1 aliphatic heterocycles. The van der Waals surface area contributed by atoms with E-state index >= 15 is 0 Å². The fraction of sp³-hybridized carbons (Fsp3) is 0.250. The van der Waals surface area contributed by atoms with Gasteiger partial charge in [-0.3, -0.25) is 14.4 Å². The molecule has 0 atom stereocenters. The molecule has 0 saturated carbocycles. The molecular formula is C20H21N3O3S. The number of nitrogens with zero attached hydrogens (tertiary/aromatic N) is 2. The molecule has 140 valence electrons. The molecule has 2 aromatic rings. The number of hydrogen-bond donors (Lipinski definition) is 1. The minimum Gasteiger partial charge on any atom is -0.345 e. The van der Waals surface area contributed by atoms with Gasteiger partial charge in [0.25, 0.3) is 5.91 Å². The number of amides is 3. The number of anilines is 2. The highest BCUT2D eigenvalue weighted by Crippen LogP contribution is 2.36. The summed E-state index contributed by atoms with van der Waals surface area (Å²) in [6, 6.07) is 12.7. The number of carbonyl (C=O) groups is 3. The Hall–Kier alpha value is -2.80. The number of carbonyl (C=O) groups excluding carboxylic acids is 3. The van der Waals surface area contributed by atoms with Crippen LogP contribution in [0.1, 0.15) is 15.9 Å². The first-order valence-electron chi connectivity index (χ1n) is 8.50. The SMILES string of the molecule is Cc1cccc(NC(=O)CN2C(=O)CSc3ccc(C(=O)N(C)C)cc32)c1. The van der Waals surface area contributed by atoms with Crippen molar-refractivity contribution >= 4 is 40.9 Å². The number of fused-ring (bicyclic) bond motifs is 1. The Bertz CT molecular complexity index is 911. The first-order chi connectivity index (χ1) is 12.8. The van der Waals surface area contributed by atoms with Gasteiger partial charge in [-0.2, -0.15) is 0 Å². The standard InChI is InChI=1S/C20H21N3O3S/c1-13-5-4-6-15(9-13)21-18(24)11-23-16-10-14(20(26)22(2)3)7-8-17(16)27-12-19(23)25/h4-10H,11-12H2,1-3H3,(H,21,24). The van der Waals surface area contributed by atoms with E-state index in [4.69, 9.17) is 0 Å². The molecule has 1 aliphatic rings. The van der Waals surface area contributed by atoms with Gasteiger partial charge in [-0.25, -0.2) is 0 Å². The van der Waals surface area contributed by atoms with Crippen LogP contribution in [0.3, 0.4) is 0 Å². The highest BCUT2D eigenvalue weighted by Gasteiger charge is 2.27. The number of thioether (sulfide) groups is 1. The van der Waals surface area contributed by atoms with Crippen LogP contribution in [-0.4, -0.2) is 49.0 Å². The Labute approximate surface area is 162 Å². The average molecular weight is 383 g/mol. The highest BCUT2D eigenvalue weighted by atomic mass is 32.2. The third kappa shape index (κ3) is 4.31. The van der Waals surface area contributed by atoms with Crippen LogP contribution in [0, 0.1) is 6.92 Å².